The van der Waals surface area contributed by atoms with Gasteiger partial charge in [-0.15, -0.1) is 0 Å². The molecule has 0 amide bonds. The van der Waals surface area contributed by atoms with Crippen LogP contribution in [0.5, 0.6) is 0 Å². The molecule has 0 aliphatic rings. The van der Waals surface area contributed by atoms with Gasteiger partial charge in [0.1, 0.15) is 0 Å². The van der Waals surface area contributed by atoms with Gasteiger partial charge in [0.05, 0.1) is 0 Å². The van der Waals surface area contributed by atoms with Crippen LogP contribution in [0.4, 0.5) is 0 Å². The molecule has 0 aliphatic carbocycles. The van der Waals surface area contributed by atoms with Gasteiger partial charge < -0.3 is 21.5 Å². The lowest BCUT2D eigenvalue weighted by Gasteiger charge is -1.86. The minimum atomic E-state index is -0.750. The van der Waals surface area contributed by atoms with Crippen molar-refractivity contribution < 1.29 is 15.3 Å². The quantitative estimate of drug-likeness (QED) is 0.743. The molecule has 0 radical (unpaired) electrons. The summed E-state index contributed by atoms with van der Waals surface area (Å²) in [6, 6.07) is 0. The lowest BCUT2D eigenvalue weighted by molar-refractivity contribution is 0.162. The second-order valence-electron chi connectivity index (χ2n) is 1.03. The topological polar surface area (TPSA) is 96.0 Å². The molecule has 0 fully saturated rings. The van der Waals surface area contributed by atoms with E-state index in [1.54, 1.807) is 0 Å². The summed E-state index contributed by atoms with van der Waals surface area (Å²) in [6.45, 7) is 5.67. The summed E-state index contributed by atoms with van der Waals surface area (Å²) in [5.74, 6) is 0. The minimum absolute atomic E-state index is 0. The van der Waals surface area contributed by atoms with Gasteiger partial charge in [0.15, 0.2) is 4.30 Å². The van der Waals surface area contributed by atoms with Gasteiger partial charge in [0.25, 0.3) is 0 Å². The largest absolute Gasteiger partial charge is 0.412 e. The van der Waals surface area contributed by atoms with E-state index in [9.17, 15) is 0 Å². The molecule has 0 bridgehead atoms. The first-order valence-corrected chi connectivity index (χ1v) is 4.40. The number of rotatable bonds is 2. The van der Waals surface area contributed by atoms with Gasteiger partial charge in [-0.05, 0) is 13.8 Å². The van der Waals surface area contributed by atoms with Crippen LogP contribution >= 0.6 is 34.8 Å². The fourth-order valence-corrected chi connectivity index (χ4v) is 0.204. The molecule has 0 atom stereocenters. The zero-order valence-corrected chi connectivity index (χ0v) is 10.5. The number of ether oxygens (including phenoxy) is 1. The van der Waals surface area contributed by atoms with Gasteiger partial charge in [-0.1, -0.05) is 34.8 Å². The first-order valence-electron chi connectivity index (χ1n) is 3.09. The summed E-state index contributed by atoms with van der Waals surface area (Å²) in [7, 11) is 1.00. The third kappa shape index (κ3) is 199. The van der Waals surface area contributed by atoms with Crippen molar-refractivity contribution in [2.24, 2.45) is 0 Å². The van der Waals surface area contributed by atoms with E-state index in [1.807, 2.05) is 13.8 Å². The summed E-state index contributed by atoms with van der Waals surface area (Å²) >= 11 is 14.4. The predicted octanol–water partition coefficient (Wildman–Crippen LogP) is 1.98. The van der Waals surface area contributed by atoms with Crippen molar-refractivity contribution in [3.63, 3.8) is 0 Å². The summed E-state index contributed by atoms with van der Waals surface area (Å²) in [5, 5.41) is 7.00. The molecule has 0 rings (SSSR count). The third-order valence-electron chi connectivity index (χ3n) is 0.408. The van der Waals surface area contributed by atoms with Crippen LogP contribution < -0.4 is 6.15 Å². The van der Waals surface area contributed by atoms with Crippen LogP contribution in [0.2, 0.25) is 0 Å². The summed E-state index contributed by atoms with van der Waals surface area (Å²) < 4.78 is 4.08. The standard InChI is InChI=1S/C4H10O.CHCl3.CH4O.H3N.H2O/c1-3-5-4-2;2-1(3)4;1-2;;/h3-4H2,1-2H3;1H;2H,1H3;1H3;1H2. The Balaban J connectivity index is -0.0000000246. The molecule has 13 heavy (non-hydrogen) atoms. The van der Waals surface area contributed by atoms with Crippen LogP contribution in [0.1, 0.15) is 13.8 Å². The van der Waals surface area contributed by atoms with Gasteiger partial charge >= 0.3 is 0 Å². The molecule has 0 heterocycles. The number of hydrogen-bond acceptors (Lipinski definition) is 3. The Morgan fingerprint density at radius 2 is 1.23 bits per heavy atom. The Kier molecular flexibility index (Phi) is 86.9. The van der Waals surface area contributed by atoms with Crippen molar-refractivity contribution in [2.75, 3.05) is 20.3 Å². The van der Waals surface area contributed by atoms with E-state index in [2.05, 4.69) is 0 Å². The zero-order chi connectivity index (χ0) is 9.70. The van der Waals surface area contributed by atoms with Crippen molar-refractivity contribution in [3.05, 3.63) is 0 Å². The Bertz CT molecular complexity index is 47.4. The van der Waals surface area contributed by atoms with E-state index in [0.717, 1.165) is 20.3 Å². The van der Waals surface area contributed by atoms with Crippen LogP contribution in [0.25, 0.3) is 0 Å². The van der Waals surface area contributed by atoms with Crippen LogP contribution in [0.3, 0.4) is 0 Å². The van der Waals surface area contributed by atoms with Crippen molar-refractivity contribution in [1.29, 1.82) is 0 Å². The highest BCUT2D eigenvalue weighted by Gasteiger charge is 1.78. The Morgan fingerprint density at radius 3 is 1.23 bits per heavy atom. The maximum Gasteiger partial charge on any atom is 0.180 e. The maximum atomic E-state index is 7.00. The van der Waals surface area contributed by atoms with E-state index in [0.29, 0.717) is 0 Å². The minimum Gasteiger partial charge on any atom is -0.412 e. The number of halogens is 3. The van der Waals surface area contributed by atoms with Crippen molar-refractivity contribution in [2.45, 2.75) is 18.1 Å². The molecule has 0 aliphatic heterocycles. The van der Waals surface area contributed by atoms with Gasteiger partial charge in [-0.3, -0.25) is 0 Å². The summed E-state index contributed by atoms with van der Waals surface area (Å²) in [6.07, 6.45) is 0. The second kappa shape index (κ2) is 38.7. The molecule has 7 heteroatoms. The molecule has 4 nitrogen and oxygen atoms in total. The highest BCUT2D eigenvalue weighted by atomic mass is 35.6. The zero-order valence-electron chi connectivity index (χ0n) is 8.19. The van der Waals surface area contributed by atoms with Crippen molar-refractivity contribution >= 4 is 34.8 Å². The van der Waals surface area contributed by atoms with E-state index < -0.39 is 4.30 Å². The fourth-order valence-electron chi connectivity index (χ4n) is 0.204. The Morgan fingerprint density at radius 1 is 1.08 bits per heavy atom. The fraction of sp³-hybridized carbons (Fsp3) is 1.00. The van der Waals surface area contributed by atoms with Crippen molar-refractivity contribution in [3.8, 4) is 0 Å². The monoisotopic (exact) mass is 259 g/mol. The first-order chi connectivity index (χ1) is 5.15. The molecular formula is C6H20Cl3NO3. The van der Waals surface area contributed by atoms with Crippen LogP contribution in [0, 0.1) is 0 Å². The average molecular weight is 261 g/mol. The molecule has 0 spiro atoms. The number of hydrogen-bond donors (Lipinski definition) is 2. The molecule has 6 N–H and O–H groups in total. The summed E-state index contributed by atoms with van der Waals surface area (Å²) in [5.41, 5.74) is 0. The van der Waals surface area contributed by atoms with Crippen LogP contribution in [0.15, 0.2) is 0 Å². The number of aliphatic hydroxyl groups excluding tert-OH is 1. The molecule has 0 aromatic carbocycles. The lowest BCUT2D eigenvalue weighted by atomic mass is 10.8. The van der Waals surface area contributed by atoms with Gasteiger partial charge in [0, 0.05) is 20.3 Å². The van der Waals surface area contributed by atoms with Gasteiger partial charge in [-0.2, -0.15) is 0 Å². The van der Waals surface area contributed by atoms with E-state index in [4.69, 9.17) is 44.6 Å². The second-order valence-corrected chi connectivity index (χ2v) is 3.01. The number of alkyl halides is 3. The summed E-state index contributed by atoms with van der Waals surface area (Å²) in [4.78, 5) is 0. The average Bonchev–Trinajstić information content (AvgIpc) is 1.93. The highest BCUT2D eigenvalue weighted by Crippen LogP contribution is 2.03. The van der Waals surface area contributed by atoms with E-state index in [1.165, 1.54) is 0 Å². The first kappa shape index (κ1) is 29.2. The molecule has 0 unspecified atom stereocenters. The normalized spacial score (nSPS) is 6.46. The molecule has 0 aromatic rings. The van der Waals surface area contributed by atoms with Crippen LogP contribution in [-0.2, 0) is 4.74 Å². The van der Waals surface area contributed by atoms with Crippen LogP contribution in [-0.4, -0.2) is 35.2 Å². The SMILES string of the molecule is CCOCC.CO.ClC(Cl)Cl.N.O. The van der Waals surface area contributed by atoms with Crippen molar-refractivity contribution in [1.82, 2.24) is 6.15 Å². The number of aliphatic hydroxyl groups is 1. The molecule has 0 saturated carbocycles. The van der Waals surface area contributed by atoms with Gasteiger partial charge in [-0.25, -0.2) is 0 Å². The molecular weight excluding hydrogens is 240 g/mol. The van der Waals surface area contributed by atoms with Gasteiger partial charge in [0.2, 0.25) is 0 Å². The lowest BCUT2D eigenvalue weighted by Crippen LogP contribution is -1.84. The van der Waals surface area contributed by atoms with E-state index in [-0.39, 0.29) is 11.6 Å². The molecule has 0 aromatic heterocycles. The maximum absolute atomic E-state index is 7.00. The Hall–Kier alpha value is 0.710. The smallest absolute Gasteiger partial charge is 0.180 e. The van der Waals surface area contributed by atoms with E-state index >= 15 is 0 Å². The Labute approximate surface area is 95.0 Å². The third-order valence-corrected chi connectivity index (χ3v) is 0.408. The molecule has 0 saturated heterocycles. The highest BCUT2D eigenvalue weighted by molar-refractivity contribution is 6.63. The predicted molar refractivity (Wildman–Crippen MR) is 60.3 cm³/mol. The molecule has 88 valence electrons.